The maximum absolute atomic E-state index is 12.8. The molecule has 35 heavy (non-hydrogen) atoms. The Balaban J connectivity index is 1.71. The minimum atomic E-state index is -0.456. The molecule has 1 atom stereocenters. The smallest absolute Gasteiger partial charge is 0.226 e. The normalized spacial score (nSPS) is 12.1. The molecule has 0 saturated heterocycles. The fourth-order valence-electron chi connectivity index (χ4n) is 3.45. The van der Waals surface area contributed by atoms with Gasteiger partial charge in [-0.15, -0.1) is 0 Å². The Hall–Kier alpha value is -4.32. The lowest BCUT2D eigenvalue weighted by atomic mass is 9.92. The first-order valence-corrected chi connectivity index (χ1v) is 11.1. The summed E-state index contributed by atoms with van der Waals surface area (Å²) in [7, 11) is 3.13. The highest BCUT2D eigenvalue weighted by atomic mass is 16.5. The van der Waals surface area contributed by atoms with Gasteiger partial charge in [-0.05, 0) is 42.0 Å². The van der Waals surface area contributed by atoms with Crippen molar-refractivity contribution in [2.45, 2.75) is 33.4 Å². The molecule has 1 aromatic heterocycles. The van der Waals surface area contributed by atoms with Crippen molar-refractivity contribution < 1.29 is 14.3 Å². The van der Waals surface area contributed by atoms with Crippen LogP contribution in [0.5, 0.6) is 11.5 Å². The standard InChI is InChI=1S/C26H30N6O3/c1-26(2,3)25(32-24(33)14-17-9-11-21(34-4)22(13-17)35-5)30-16-29-19-7-6-8-20-18(19)10-12-23(31-20)28-15-27/h6-13,16,25H,14H2,1-5H3,(H,28,31)(H,29,30)(H,32,33). The monoisotopic (exact) mass is 474 g/mol. The van der Waals surface area contributed by atoms with Crippen LogP contribution in [0.25, 0.3) is 10.9 Å². The Morgan fingerprint density at radius 3 is 2.60 bits per heavy atom. The van der Waals surface area contributed by atoms with Gasteiger partial charge in [0.25, 0.3) is 0 Å². The molecule has 3 aromatic rings. The molecular weight excluding hydrogens is 444 g/mol. The average Bonchev–Trinajstić information content (AvgIpc) is 2.82. The maximum Gasteiger partial charge on any atom is 0.226 e. The van der Waals surface area contributed by atoms with Crippen LogP contribution in [0, 0.1) is 16.9 Å². The second-order valence-electron chi connectivity index (χ2n) is 8.93. The number of fused-ring (bicyclic) bond motifs is 1. The van der Waals surface area contributed by atoms with Crippen molar-refractivity contribution in [3.05, 3.63) is 54.1 Å². The van der Waals surface area contributed by atoms with Crippen LogP contribution in [0.3, 0.4) is 0 Å². The summed E-state index contributed by atoms with van der Waals surface area (Å²) in [5.41, 5.74) is 2.04. The number of amides is 1. The number of nitrogens with one attached hydrogen (secondary N) is 3. The third kappa shape index (κ3) is 6.60. The van der Waals surface area contributed by atoms with Gasteiger partial charge in [0.15, 0.2) is 17.7 Å². The molecule has 182 valence electrons. The predicted molar refractivity (Wildman–Crippen MR) is 138 cm³/mol. The van der Waals surface area contributed by atoms with Gasteiger partial charge in [-0.2, -0.15) is 5.26 Å². The highest BCUT2D eigenvalue weighted by Crippen LogP contribution is 2.28. The van der Waals surface area contributed by atoms with Gasteiger partial charge >= 0.3 is 0 Å². The van der Waals surface area contributed by atoms with E-state index in [4.69, 9.17) is 14.7 Å². The van der Waals surface area contributed by atoms with Crippen LogP contribution in [0.2, 0.25) is 0 Å². The number of rotatable bonds is 9. The number of methoxy groups -OCH3 is 2. The van der Waals surface area contributed by atoms with Crippen molar-refractivity contribution in [2.24, 2.45) is 10.4 Å². The van der Waals surface area contributed by atoms with Crippen LogP contribution in [0.4, 0.5) is 11.5 Å². The predicted octanol–water partition coefficient (Wildman–Crippen LogP) is 4.32. The Bertz CT molecular complexity index is 1260. The van der Waals surface area contributed by atoms with E-state index in [9.17, 15) is 4.79 Å². The van der Waals surface area contributed by atoms with Crippen LogP contribution in [-0.4, -0.2) is 37.6 Å². The fourth-order valence-corrected chi connectivity index (χ4v) is 3.45. The van der Waals surface area contributed by atoms with Crippen LogP contribution in [0.1, 0.15) is 26.3 Å². The number of benzene rings is 2. The number of hydrogen-bond donors (Lipinski definition) is 3. The van der Waals surface area contributed by atoms with Crippen LogP contribution in [-0.2, 0) is 11.2 Å². The van der Waals surface area contributed by atoms with Crippen LogP contribution in [0.15, 0.2) is 53.5 Å². The van der Waals surface area contributed by atoms with E-state index in [1.807, 2.05) is 57.3 Å². The van der Waals surface area contributed by atoms with Gasteiger partial charge in [-0.25, -0.2) is 4.98 Å². The Kier molecular flexibility index (Phi) is 8.10. The van der Waals surface area contributed by atoms with Gasteiger partial charge < -0.3 is 20.1 Å². The molecule has 0 bridgehead atoms. The molecule has 3 rings (SSSR count). The molecule has 0 aliphatic carbocycles. The number of ether oxygens (including phenoxy) is 2. The third-order valence-electron chi connectivity index (χ3n) is 5.29. The van der Waals surface area contributed by atoms with E-state index in [2.05, 4.69) is 25.9 Å². The zero-order valence-electron chi connectivity index (χ0n) is 20.5. The number of anilines is 2. The zero-order chi connectivity index (χ0) is 25.4. The highest BCUT2D eigenvalue weighted by Gasteiger charge is 2.25. The van der Waals surface area contributed by atoms with Crippen LogP contribution >= 0.6 is 0 Å². The Morgan fingerprint density at radius 1 is 1.14 bits per heavy atom. The van der Waals surface area contributed by atoms with E-state index >= 15 is 0 Å². The summed E-state index contributed by atoms with van der Waals surface area (Å²) in [4.78, 5) is 21.8. The fraction of sp³-hybridized carbons (Fsp3) is 0.308. The molecule has 0 saturated carbocycles. The molecule has 0 fully saturated rings. The topological polar surface area (TPSA) is 121 Å². The van der Waals surface area contributed by atoms with E-state index in [1.54, 1.807) is 38.8 Å². The molecule has 1 amide bonds. The van der Waals surface area contributed by atoms with Crippen molar-refractivity contribution in [2.75, 3.05) is 24.9 Å². The third-order valence-corrected chi connectivity index (χ3v) is 5.29. The van der Waals surface area contributed by atoms with Crippen molar-refractivity contribution in [3.63, 3.8) is 0 Å². The molecular formula is C26H30N6O3. The summed E-state index contributed by atoms with van der Waals surface area (Å²) >= 11 is 0. The lowest BCUT2D eigenvalue weighted by molar-refractivity contribution is -0.121. The first-order chi connectivity index (χ1) is 16.7. The lowest BCUT2D eigenvalue weighted by Gasteiger charge is -2.28. The highest BCUT2D eigenvalue weighted by molar-refractivity contribution is 5.96. The van der Waals surface area contributed by atoms with Gasteiger partial charge in [0.1, 0.15) is 12.0 Å². The molecule has 9 heteroatoms. The molecule has 0 aliphatic heterocycles. The number of carbonyl (C=O) groups excluding carboxylic acids is 1. The van der Waals surface area contributed by atoms with Gasteiger partial charge in [0, 0.05) is 16.5 Å². The number of pyridine rings is 1. The molecule has 9 nitrogen and oxygen atoms in total. The summed E-state index contributed by atoms with van der Waals surface area (Å²) < 4.78 is 10.6. The van der Waals surface area contributed by atoms with Crippen molar-refractivity contribution >= 4 is 34.7 Å². The summed E-state index contributed by atoms with van der Waals surface area (Å²) in [6.45, 7) is 6.03. The number of aromatic nitrogens is 1. The van der Waals surface area contributed by atoms with Gasteiger partial charge in [0.05, 0.1) is 32.5 Å². The summed E-state index contributed by atoms with van der Waals surface area (Å²) in [5, 5.41) is 18.4. The molecule has 1 unspecified atom stereocenters. The lowest BCUT2D eigenvalue weighted by Crippen LogP contribution is -2.43. The second-order valence-corrected chi connectivity index (χ2v) is 8.93. The second kappa shape index (κ2) is 11.2. The van der Waals surface area contributed by atoms with E-state index in [1.165, 1.54) is 0 Å². The van der Waals surface area contributed by atoms with E-state index in [0.717, 1.165) is 22.2 Å². The average molecular weight is 475 g/mol. The summed E-state index contributed by atoms with van der Waals surface area (Å²) in [6.07, 6.45) is 3.18. The minimum Gasteiger partial charge on any atom is -0.493 e. The number of carbonyl (C=O) groups is 1. The minimum absolute atomic E-state index is 0.152. The summed E-state index contributed by atoms with van der Waals surface area (Å²) in [5.74, 6) is 1.52. The molecule has 1 heterocycles. The Labute approximate surface area is 205 Å². The van der Waals surface area contributed by atoms with Gasteiger partial charge in [-0.3, -0.25) is 15.1 Å². The van der Waals surface area contributed by atoms with Gasteiger partial charge in [-0.1, -0.05) is 32.9 Å². The number of nitrogens with zero attached hydrogens (tertiary/aromatic N) is 3. The molecule has 0 aliphatic rings. The van der Waals surface area contributed by atoms with E-state index in [0.29, 0.717) is 17.3 Å². The van der Waals surface area contributed by atoms with Gasteiger partial charge in [0.2, 0.25) is 5.91 Å². The molecule has 2 aromatic carbocycles. The van der Waals surface area contributed by atoms with E-state index in [-0.39, 0.29) is 17.7 Å². The maximum atomic E-state index is 12.8. The SMILES string of the molecule is COc1ccc(CC(=O)NC(/N=C/Nc2cccc3nc(NC#N)ccc23)C(C)(C)C)cc1OC. The number of hydrogen-bond acceptors (Lipinski definition) is 7. The number of aliphatic imine (C=N–C) groups is 1. The van der Waals surface area contributed by atoms with Crippen molar-refractivity contribution in [1.82, 2.24) is 10.3 Å². The first-order valence-electron chi connectivity index (χ1n) is 11.1. The number of nitriles is 1. The Morgan fingerprint density at radius 2 is 1.91 bits per heavy atom. The zero-order valence-corrected chi connectivity index (χ0v) is 20.5. The molecule has 0 spiro atoms. The van der Waals surface area contributed by atoms with Crippen LogP contribution < -0.4 is 25.4 Å². The summed E-state index contributed by atoms with van der Waals surface area (Å²) in [6, 6.07) is 14.7. The van der Waals surface area contributed by atoms with E-state index < -0.39 is 6.17 Å². The molecule has 3 N–H and O–H groups in total. The molecule has 0 radical (unpaired) electrons. The van der Waals surface area contributed by atoms with Crippen molar-refractivity contribution in [1.29, 1.82) is 5.26 Å². The first kappa shape index (κ1) is 25.3. The largest absolute Gasteiger partial charge is 0.493 e. The van der Waals surface area contributed by atoms with Crippen molar-refractivity contribution in [3.8, 4) is 17.7 Å². The quantitative estimate of drug-likeness (QED) is 0.183.